The normalized spacial score (nSPS) is 18.7. The average molecular weight is 310 g/mol. The molecule has 0 bridgehead atoms. The van der Waals surface area contributed by atoms with Crippen LogP contribution in [0.25, 0.3) is 0 Å². The fourth-order valence-electron chi connectivity index (χ4n) is 2.72. The largest absolute Gasteiger partial charge is 0.309 e. The van der Waals surface area contributed by atoms with Gasteiger partial charge in [0.05, 0.1) is 4.90 Å². The van der Waals surface area contributed by atoms with Crippen LogP contribution in [0.2, 0.25) is 0 Å². The molecule has 1 aromatic carbocycles. The van der Waals surface area contributed by atoms with Gasteiger partial charge in [-0.2, -0.15) is 0 Å². The standard InChI is InChI=1S/C15H22N2O3S/c1-10-8-12-9-13(21(19,20)16-15(3,4)5)6-7-14(12)17(10)11(2)18/h6-7,9-10,16H,8H2,1-5H3. The molecule has 0 fully saturated rings. The summed E-state index contributed by atoms with van der Waals surface area (Å²) in [6, 6.07) is 5.01. The van der Waals surface area contributed by atoms with Crippen LogP contribution >= 0.6 is 0 Å². The number of hydrogen-bond acceptors (Lipinski definition) is 3. The molecule has 1 atom stereocenters. The highest BCUT2D eigenvalue weighted by atomic mass is 32.2. The Kier molecular flexibility index (Phi) is 3.88. The van der Waals surface area contributed by atoms with E-state index in [1.807, 2.05) is 6.92 Å². The number of amides is 1. The Morgan fingerprint density at radius 3 is 2.48 bits per heavy atom. The van der Waals surface area contributed by atoms with Crippen LogP contribution in [0, 0.1) is 0 Å². The van der Waals surface area contributed by atoms with Gasteiger partial charge in [0.25, 0.3) is 0 Å². The number of carbonyl (C=O) groups excluding carboxylic acids is 1. The number of hydrogen-bond donors (Lipinski definition) is 1. The van der Waals surface area contributed by atoms with Crippen LogP contribution in [-0.2, 0) is 21.2 Å². The van der Waals surface area contributed by atoms with E-state index in [0.29, 0.717) is 6.42 Å². The number of sulfonamides is 1. The first-order valence-corrected chi connectivity index (χ1v) is 8.46. The average Bonchev–Trinajstić information content (AvgIpc) is 2.60. The quantitative estimate of drug-likeness (QED) is 0.909. The van der Waals surface area contributed by atoms with Crippen LogP contribution in [0.4, 0.5) is 5.69 Å². The summed E-state index contributed by atoms with van der Waals surface area (Å²) in [6.45, 7) is 8.90. The Morgan fingerprint density at radius 2 is 1.95 bits per heavy atom. The van der Waals surface area contributed by atoms with Crippen LogP contribution in [0.3, 0.4) is 0 Å². The molecule has 1 heterocycles. The van der Waals surface area contributed by atoms with Crippen molar-refractivity contribution >= 4 is 21.6 Å². The lowest BCUT2D eigenvalue weighted by molar-refractivity contribution is -0.116. The van der Waals surface area contributed by atoms with Gasteiger partial charge in [0.2, 0.25) is 15.9 Å². The van der Waals surface area contributed by atoms with Crippen molar-refractivity contribution < 1.29 is 13.2 Å². The van der Waals surface area contributed by atoms with Gasteiger partial charge in [-0.25, -0.2) is 13.1 Å². The molecule has 1 amide bonds. The minimum atomic E-state index is -3.55. The van der Waals surface area contributed by atoms with Gasteiger partial charge in [-0.3, -0.25) is 4.79 Å². The molecule has 2 rings (SSSR count). The first-order valence-electron chi connectivity index (χ1n) is 6.98. The highest BCUT2D eigenvalue weighted by Crippen LogP contribution is 2.34. The molecular formula is C15H22N2O3S. The first kappa shape index (κ1) is 16.0. The molecular weight excluding hydrogens is 288 g/mol. The van der Waals surface area contributed by atoms with E-state index < -0.39 is 15.6 Å². The van der Waals surface area contributed by atoms with Crippen molar-refractivity contribution in [2.75, 3.05) is 4.90 Å². The minimum Gasteiger partial charge on any atom is -0.309 e. The third-order valence-electron chi connectivity index (χ3n) is 3.36. The Bertz CT molecular complexity index is 675. The van der Waals surface area contributed by atoms with E-state index in [1.54, 1.807) is 43.9 Å². The van der Waals surface area contributed by atoms with E-state index in [-0.39, 0.29) is 16.8 Å². The fraction of sp³-hybridized carbons (Fsp3) is 0.533. The molecule has 5 nitrogen and oxygen atoms in total. The summed E-state index contributed by atoms with van der Waals surface area (Å²) in [6.07, 6.45) is 0.674. The Balaban J connectivity index is 2.41. The second-order valence-electron chi connectivity index (χ2n) is 6.59. The summed E-state index contributed by atoms with van der Waals surface area (Å²) >= 11 is 0. The minimum absolute atomic E-state index is 0.0235. The molecule has 21 heavy (non-hydrogen) atoms. The Labute approximate surface area is 126 Å². The van der Waals surface area contributed by atoms with E-state index in [2.05, 4.69) is 4.72 Å². The molecule has 116 valence electrons. The molecule has 0 spiro atoms. The van der Waals surface area contributed by atoms with E-state index in [1.165, 1.54) is 6.92 Å². The first-order chi connectivity index (χ1) is 9.51. The maximum Gasteiger partial charge on any atom is 0.241 e. The lowest BCUT2D eigenvalue weighted by atomic mass is 10.1. The number of anilines is 1. The smallest absolute Gasteiger partial charge is 0.241 e. The van der Waals surface area contributed by atoms with E-state index in [4.69, 9.17) is 0 Å². The van der Waals surface area contributed by atoms with Crippen molar-refractivity contribution in [3.05, 3.63) is 23.8 Å². The fourth-order valence-corrected chi connectivity index (χ4v) is 4.19. The maximum atomic E-state index is 12.4. The van der Waals surface area contributed by atoms with Crippen molar-refractivity contribution in [1.29, 1.82) is 0 Å². The number of nitrogens with one attached hydrogen (secondary N) is 1. The van der Waals surface area contributed by atoms with E-state index >= 15 is 0 Å². The molecule has 1 aliphatic heterocycles. The molecule has 0 saturated carbocycles. The number of fused-ring (bicyclic) bond motifs is 1. The zero-order valence-corrected chi connectivity index (χ0v) is 13.9. The predicted octanol–water partition coefficient (Wildman–Crippen LogP) is 2.06. The van der Waals surface area contributed by atoms with Crippen LogP contribution in [-0.4, -0.2) is 25.9 Å². The SMILES string of the molecule is CC(=O)N1c2ccc(S(=O)(=O)NC(C)(C)C)cc2CC1C. The van der Waals surface area contributed by atoms with Gasteiger partial charge in [0.15, 0.2) is 0 Å². The zero-order valence-electron chi connectivity index (χ0n) is 13.1. The topological polar surface area (TPSA) is 66.5 Å². The monoisotopic (exact) mass is 310 g/mol. The van der Waals surface area contributed by atoms with Gasteiger partial charge in [-0.15, -0.1) is 0 Å². The van der Waals surface area contributed by atoms with E-state index in [0.717, 1.165) is 11.3 Å². The van der Waals surface area contributed by atoms with Crippen LogP contribution in [0.1, 0.15) is 40.2 Å². The highest BCUT2D eigenvalue weighted by molar-refractivity contribution is 7.89. The van der Waals surface area contributed by atoms with Crippen molar-refractivity contribution in [1.82, 2.24) is 4.72 Å². The van der Waals surface area contributed by atoms with Gasteiger partial charge in [-0.05, 0) is 57.9 Å². The molecule has 0 aromatic heterocycles. The third kappa shape index (κ3) is 3.27. The predicted molar refractivity (Wildman–Crippen MR) is 82.8 cm³/mol. The van der Waals surface area contributed by atoms with E-state index in [9.17, 15) is 13.2 Å². The van der Waals surface area contributed by atoms with Gasteiger partial charge >= 0.3 is 0 Å². The van der Waals surface area contributed by atoms with Crippen LogP contribution in [0.15, 0.2) is 23.1 Å². The maximum absolute atomic E-state index is 12.4. The van der Waals surface area contributed by atoms with Crippen molar-refractivity contribution in [3.63, 3.8) is 0 Å². The molecule has 0 radical (unpaired) electrons. The van der Waals surface area contributed by atoms with Crippen molar-refractivity contribution in [3.8, 4) is 0 Å². The van der Waals surface area contributed by atoms with Gasteiger partial charge in [0.1, 0.15) is 0 Å². The molecule has 1 N–H and O–H groups in total. The van der Waals surface area contributed by atoms with Crippen molar-refractivity contribution in [2.24, 2.45) is 0 Å². The number of nitrogens with zero attached hydrogens (tertiary/aromatic N) is 1. The van der Waals surface area contributed by atoms with Gasteiger partial charge in [0, 0.05) is 24.2 Å². The summed E-state index contributed by atoms with van der Waals surface area (Å²) in [5.74, 6) is -0.0235. The molecule has 1 unspecified atom stereocenters. The number of benzene rings is 1. The summed E-state index contributed by atoms with van der Waals surface area (Å²) < 4.78 is 27.3. The van der Waals surface area contributed by atoms with Crippen molar-refractivity contribution in [2.45, 2.75) is 57.5 Å². The molecule has 6 heteroatoms. The number of rotatable bonds is 2. The molecule has 0 saturated heterocycles. The van der Waals surface area contributed by atoms with Gasteiger partial charge < -0.3 is 4.90 Å². The Morgan fingerprint density at radius 1 is 1.33 bits per heavy atom. The summed E-state index contributed by atoms with van der Waals surface area (Å²) in [5, 5.41) is 0. The lowest BCUT2D eigenvalue weighted by Gasteiger charge is -2.22. The molecule has 1 aliphatic rings. The summed E-state index contributed by atoms with van der Waals surface area (Å²) in [7, 11) is -3.55. The zero-order chi connectivity index (χ0) is 16.0. The number of carbonyl (C=O) groups is 1. The van der Waals surface area contributed by atoms with Crippen LogP contribution < -0.4 is 9.62 Å². The lowest BCUT2D eigenvalue weighted by Crippen LogP contribution is -2.40. The van der Waals surface area contributed by atoms with Gasteiger partial charge in [-0.1, -0.05) is 0 Å². The second kappa shape index (κ2) is 5.10. The second-order valence-corrected chi connectivity index (χ2v) is 8.27. The molecule has 1 aromatic rings. The van der Waals surface area contributed by atoms with Crippen LogP contribution in [0.5, 0.6) is 0 Å². The molecule has 0 aliphatic carbocycles. The summed E-state index contributed by atoms with van der Waals surface area (Å²) in [5.41, 5.74) is 1.18. The highest BCUT2D eigenvalue weighted by Gasteiger charge is 2.30. The third-order valence-corrected chi connectivity index (χ3v) is 5.11. The Hall–Kier alpha value is -1.40. The summed E-state index contributed by atoms with van der Waals surface area (Å²) in [4.78, 5) is 13.6.